The number of anilines is 2. The minimum atomic E-state index is -0.463. The van der Waals surface area contributed by atoms with Crippen LogP contribution in [0, 0.1) is 47.9 Å². The largest absolute Gasteiger partial charge is 0.393 e. The third-order valence-corrected chi connectivity index (χ3v) is 3.41. The van der Waals surface area contributed by atoms with E-state index in [0.717, 1.165) is 22.3 Å². The molecule has 2 rings (SSSR count). The summed E-state index contributed by atoms with van der Waals surface area (Å²) >= 11 is 0. The zero-order chi connectivity index (χ0) is 18.6. The number of nitrogen functional groups attached to an aromatic ring is 2. The topological polar surface area (TPSA) is 138 Å². The van der Waals surface area contributed by atoms with Crippen LogP contribution in [0.25, 0.3) is 0 Å². The Hall–Kier alpha value is -3.16. The number of nitro groups is 2. The fourth-order valence-electron chi connectivity index (χ4n) is 2.21. The Labute approximate surface area is 139 Å². The van der Waals surface area contributed by atoms with Crippen LogP contribution >= 0.6 is 0 Å². The smallest absolute Gasteiger partial charge is 0.292 e. The van der Waals surface area contributed by atoms with E-state index in [2.05, 4.69) is 0 Å². The van der Waals surface area contributed by atoms with Crippen LogP contribution in [-0.4, -0.2) is 9.85 Å². The van der Waals surface area contributed by atoms with Gasteiger partial charge < -0.3 is 11.5 Å². The summed E-state index contributed by atoms with van der Waals surface area (Å²) in [4.78, 5) is 20.0. The third kappa shape index (κ3) is 4.42. The molecule has 0 heterocycles. The maximum atomic E-state index is 10.5. The summed E-state index contributed by atoms with van der Waals surface area (Å²) in [7, 11) is 0. The van der Waals surface area contributed by atoms with Gasteiger partial charge >= 0.3 is 0 Å². The minimum absolute atomic E-state index is 0.00694. The molecule has 0 aliphatic carbocycles. The second-order valence-electron chi connectivity index (χ2n) is 5.54. The molecule has 0 aliphatic heterocycles. The first-order valence-corrected chi connectivity index (χ1v) is 7.06. The van der Waals surface area contributed by atoms with Crippen molar-refractivity contribution in [2.45, 2.75) is 27.7 Å². The van der Waals surface area contributed by atoms with Crippen molar-refractivity contribution in [3.8, 4) is 0 Å². The van der Waals surface area contributed by atoms with E-state index in [1.807, 2.05) is 12.1 Å². The van der Waals surface area contributed by atoms with Crippen molar-refractivity contribution in [3.05, 3.63) is 66.7 Å². The van der Waals surface area contributed by atoms with E-state index in [-0.39, 0.29) is 22.7 Å². The fourth-order valence-corrected chi connectivity index (χ4v) is 2.21. The van der Waals surface area contributed by atoms with Gasteiger partial charge in [-0.05, 0) is 49.9 Å². The van der Waals surface area contributed by atoms with Crippen molar-refractivity contribution >= 4 is 22.7 Å². The Bertz CT molecular complexity index is 736. The second kappa shape index (κ2) is 7.40. The van der Waals surface area contributed by atoms with E-state index in [1.54, 1.807) is 27.7 Å². The molecule has 2 aromatic rings. The number of benzene rings is 2. The number of hydrogen-bond donors (Lipinski definition) is 2. The molecule has 0 saturated heterocycles. The monoisotopic (exact) mass is 332 g/mol. The summed E-state index contributed by atoms with van der Waals surface area (Å²) in [6.45, 7) is 7.13. The van der Waals surface area contributed by atoms with E-state index in [4.69, 9.17) is 11.5 Å². The molecular weight excluding hydrogens is 312 g/mol. The molecule has 4 N–H and O–H groups in total. The van der Waals surface area contributed by atoms with Crippen molar-refractivity contribution in [1.29, 1.82) is 0 Å². The van der Waals surface area contributed by atoms with Crippen LogP contribution in [-0.2, 0) is 0 Å². The fraction of sp³-hybridized carbons (Fsp3) is 0.250. The Morgan fingerprint density at radius 2 is 1.00 bits per heavy atom. The molecule has 24 heavy (non-hydrogen) atoms. The van der Waals surface area contributed by atoms with Crippen LogP contribution < -0.4 is 11.5 Å². The SMILES string of the molecule is Cc1cc(C)c(N)c([N+](=O)[O-])c1.Cc1cc(C)c(N)c([N+](=O)[O-])c1. The molecular formula is C16H20N4O4. The van der Waals surface area contributed by atoms with Gasteiger partial charge in [-0.1, -0.05) is 12.1 Å². The van der Waals surface area contributed by atoms with Gasteiger partial charge in [0.2, 0.25) is 0 Å². The van der Waals surface area contributed by atoms with Crippen molar-refractivity contribution < 1.29 is 9.85 Å². The van der Waals surface area contributed by atoms with Crippen LogP contribution in [0.5, 0.6) is 0 Å². The standard InChI is InChI=1S/2C8H10N2O2/c2*1-5-3-6(2)8(9)7(4-5)10(11)12/h2*3-4H,9H2,1-2H3. The summed E-state index contributed by atoms with van der Waals surface area (Å²) in [6.07, 6.45) is 0. The molecule has 0 aromatic heterocycles. The quantitative estimate of drug-likeness (QED) is 0.489. The maximum Gasteiger partial charge on any atom is 0.292 e. The zero-order valence-corrected chi connectivity index (χ0v) is 14.0. The minimum Gasteiger partial charge on any atom is -0.393 e. The Morgan fingerprint density at radius 1 is 0.708 bits per heavy atom. The summed E-state index contributed by atoms with van der Waals surface area (Å²) in [5.41, 5.74) is 14.7. The van der Waals surface area contributed by atoms with Crippen molar-refractivity contribution in [3.63, 3.8) is 0 Å². The summed E-state index contributed by atoms with van der Waals surface area (Å²) in [6, 6.07) is 6.59. The Balaban J connectivity index is 0.000000240. The van der Waals surface area contributed by atoms with Crippen LogP contribution in [0.15, 0.2) is 24.3 Å². The number of hydrogen-bond acceptors (Lipinski definition) is 6. The highest BCUT2D eigenvalue weighted by atomic mass is 16.6. The van der Waals surface area contributed by atoms with Gasteiger partial charge in [0.25, 0.3) is 11.4 Å². The highest BCUT2D eigenvalue weighted by molar-refractivity contribution is 5.64. The molecule has 0 bridgehead atoms. The van der Waals surface area contributed by atoms with Gasteiger partial charge in [0.05, 0.1) is 9.85 Å². The average Bonchev–Trinajstić information content (AvgIpc) is 2.46. The van der Waals surface area contributed by atoms with Crippen molar-refractivity contribution in [2.24, 2.45) is 0 Å². The van der Waals surface area contributed by atoms with Gasteiger partial charge in [-0.3, -0.25) is 20.2 Å². The number of nitrogens with two attached hydrogens (primary N) is 2. The average molecular weight is 332 g/mol. The van der Waals surface area contributed by atoms with Crippen LogP contribution in [0.1, 0.15) is 22.3 Å². The predicted molar refractivity (Wildman–Crippen MR) is 94.0 cm³/mol. The lowest BCUT2D eigenvalue weighted by molar-refractivity contribution is -0.384. The first kappa shape index (κ1) is 18.9. The molecule has 0 radical (unpaired) electrons. The molecule has 0 fully saturated rings. The lowest BCUT2D eigenvalue weighted by Crippen LogP contribution is -1.98. The molecule has 128 valence electrons. The second-order valence-corrected chi connectivity index (χ2v) is 5.54. The van der Waals surface area contributed by atoms with E-state index in [0.29, 0.717) is 0 Å². The Morgan fingerprint density at radius 3 is 1.25 bits per heavy atom. The lowest BCUT2D eigenvalue weighted by Gasteiger charge is -2.02. The highest BCUT2D eigenvalue weighted by Gasteiger charge is 2.13. The number of nitrogens with zero attached hydrogens (tertiary/aromatic N) is 2. The summed E-state index contributed by atoms with van der Waals surface area (Å²) < 4.78 is 0. The lowest BCUT2D eigenvalue weighted by atomic mass is 10.1. The van der Waals surface area contributed by atoms with E-state index in [9.17, 15) is 20.2 Å². The van der Waals surface area contributed by atoms with Gasteiger partial charge in [0.15, 0.2) is 0 Å². The van der Waals surface area contributed by atoms with Gasteiger partial charge in [-0.15, -0.1) is 0 Å². The van der Waals surface area contributed by atoms with E-state index >= 15 is 0 Å². The predicted octanol–water partition coefficient (Wildman–Crippen LogP) is 3.59. The molecule has 0 atom stereocenters. The highest BCUT2D eigenvalue weighted by Crippen LogP contribution is 2.26. The molecule has 0 saturated carbocycles. The van der Waals surface area contributed by atoms with Crippen molar-refractivity contribution in [2.75, 3.05) is 11.5 Å². The van der Waals surface area contributed by atoms with Gasteiger partial charge in [-0.2, -0.15) is 0 Å². The number of nitro benzene ring substituents is 2. The van der Waals surface area contributed by atoms with Gasteiger partial charge in [-0.25, -0.2) is 0 Å². The van der Waals surface area contributed by atoms with Crippen LogP contribution in [0.4, 0.5) is 22.7 Å². The normalized spacial score (nSPS) is 9.83. The first-order chi connectivity index (χ1) is 11.0. The van der Waals surface area contributed by atoms with E-state index < -0.39 is 9.85 Å². The molecule has 0 amide bonds. The summed E-state index contributed by atoms with van der Waals surface area (Å²) in [5.74, 6) is 0. The third-order valence-electron chi connectivity index (χ3n) is 3.41. The Kier molecular flexibility index (Phi) is 5.83. The van der Waals surface area contributed by atoms with Crippen molar-refractivity contribution in [1.82, 2.24) is 0 Å². The maximum absolute atomic E-state index is 10.5. The first-order valence-electron chi connectivity index (χ1n) is 7.06. The molecule has 0 unspecified atom stereocenters. The number of rotatable bonds is 2. The molecule has 8 heteroatoms. The summed E-state index contributed by atoms with van der Waals surface area (Å²) in [5, 5.41) is 20.9. The van der Waals surface area contributed by atoms with Crippen LogP contribution in [0.2, 0.25) is 0 Å². The molecule has 0 spiro atoms. The molecule has 0 aliphatic rings. The molecule has 2 aromatic carbocycles. The van der Waals surface area contributed by atoms with Crippen LogP contribution in [0.3, 0.4) is 0 Å². The number of aryl methyl sites for hydroxylation is 4. The van der Waals surface area contributed by atoms with E-state index in [1.165, 1.54) is 12.1 Å². The molecule has 8 nitrogen and oxygen atoms in total. The van der Waals surface area contributed by atoms with Gasteiger partial charge in [0.1, 0.15) is 11.4 Å². The zero-order valence-electron chi connectivity index (χ0n) is 14.0. The van der Waals surface area contributed by atoms with Gasteiger partial charge in [0, 0.05) is 12.1 Å².